The van der Waals surface area contributed by atoms with Crippen LogP contribution in [0.3, 0.4) is 0 Å². The highest BCUT2D eigenvalue weighted by molar-refractivity contribution is 5.90. The molecule has 0 aliphatic carbocycles. The largest absolute Gasteiger partial charge is 0.368 e. The second-order valence-corrected chi connectivity index (χ2v) is 5.32. The Hall–Kier alpha value is -2.40. The predicted octanol–water partition coefficient (Wildman–Crippen LogP) is 1.09. The Morgan fingerprint density at radius 1 is 1.14 bits per heavy atom. The van der Waals surface area contributed by atoms with Crippen molar-refractivity contribution in [1.29, 1.82) is 0 Å². The highest BCUT2D eigenvalue weighted by Gasteiger charge is 2.21. The quantitative estimate of drug-likeness (QED) is 0.744. The van der Waals surface area contributed by atoms with Crippen LogP contribution in [-0.2, 0) is 16.0 Å². The van der Waals surface area contributed by atoms with Crippen LogP contribution >= 0.6 is 0 Å². The van der Waals surface area contributed by atoms with Gasteiger partial charge in [-0.1, -0.05) is 49.4 Å². The predicted molar refractivity (Wildman–Crippen MR) is 87.0 cm³/mol. The van der Waals surface area contributed by atoms with Crippen LogP contribution in [0.25, 0.3) is 10.8 Å². The molecule has 2 aromatic rings. The van der Waals surface area contributed by atoms with E-state index >= 15 is 0 Å². The number of primary amides is 1. The monoisotopic (exact) mass is 299 g/mol. The van der Waals surface area contributed by atoms with Gasteiger partial charge >= 0.3 is 0 Å². The van der Waals surface area contributed by atoms with Crippen LogP contribution in [0.5, 0.6) is 0 Å². The fourth-order valence-corrected chi connectivity index (χ4v) is 2.45. The molecule has 2 rings (SSSR count). The van der Waals surface area contributed by atoms with E-state index in [0.717, 1.165) is 16.3 Å². The fourth-order valence-electron chi connectivity index (χ4n) is 2.45. The van der Waals surface area contributed by atoms with Crippen LogP contribution in [0.15, 0.2) is 42.5 Å². The molecule has 0 heterocycles. The topological polar surface area (TPSA) is 98.2 Å². The van der Waals surface area contributed by atoms with E-state index in [1.807, 2.05) is 42.5 Å². The average Bonchev–Trinajstić information content (AvgIpc) is 2.52. The van der Waals surface area contributed by atoms with E-state index in [2.05, 4.69) is 5.32 Å². The summed E-state index contributed by atoms with van der Waals surface area (Å²) in [6.45, 7) is 1.78. The molecule has 2 aromatic carbocycles. The first kappa shape index (κ1) is 16.0. The van der Waals surface area contributed by atoms with Gasteiger partial charge in [-0.2, -0.15) is 0 Å². The maximum Gasteiger partial charge on any atom is 0.239 e. The van der Waals surface area contributed by atoms with Gasteiger partial charge in [0.1, 0.15) is 6.04 Å². The molecule has 22 heavy (non-hydrogen) atoms. The lowest BCUT2D eigenvalue weighted by Gasteiger charge is -2.18. The first-order valence-electron chi connectivity index (χ1n) is 7.34. The summed E-state index contributed by atoms with van der Waals surface area (Å²) < 4.78 is 0. The number of carbonyl (C=O) groups is 2. The zero-order valence-electron chi connectivity index (χ0n) is 12.6. The van der Waals surface area contributed by atoms with Gasteiger partial charge in [-0.05, 0) is 29.2 Å². The van der Waals surface area contributed by atoms with Gasteiger partial charge in [-0.15, -0.1) is 0 Å². The summed E-state index contributed by atoms with van der Waals surface area (Å²) in [6, 6.07) is 12.5. The van der Waals surface area contributed by atoms with Gasteiger partial charge in [-0.3, -0.25) is 9.59 Å². The van der Waals surface area contributed by atoms with Gasteiger partial charge in [0, 0.05) is 0 Å². The molecule has 116 valence electrons. The Balaban J connectivity index is 2.12. The van der Waals surface area contributed by atoms with E-state index in [1.54, 1.807) is 6.92 Å². The number of nitrogens with two attached hydrogens (primary N) is 2. The Kier molecular flexibility index (Phi) is 5.12. The van der Waals surface area contributed by atoms with Crippen molar-refractivity contribution >= 4 is 22.6 Å². The maximum atomic E-state index is 12.1. The number of nitrogens with one attached hydrogen (secondary N) is 1. The zero-order valence-corrected chi connectivity index (χ0v) is 12.6. The Morgan fingerprint density at radius 2 is 1.82 bits per heavy atom. The molecular formula is C17H21N3O2. The third-order valence-corrected chi connectivity index (χ3v) is 3.72. The molecule has 0 bridgehead atoms. The maximum absolute atomic E-state index is 12.1. The van der Waals surface area contributed by atoms with Gasteiger partial charge in [0.25, 0.3) is 0 Å². The molecular weight excluding hydrogens is 278 g/mol. The van der Waals surface area contributed by atoms with Crippen molar-refractivity contribution in [3.05, 3.63) is 48.0 Å². The third-order valence-electron chi connectivity index (χ3n) is 3.72. The molecule has 0 saturated carbocycles. The van der Waals surface area contributed by atoms with Crippen LogP contribution in [-0.4, -0.2) is 23.9 Å². The Labute approximate surface area is 129 Å². The number of hydrogen-bond acceptors (Lipinski definition) is 3. The second-order valence-electron chi connectivity index (χ2n) is 5.32. The standard InChI is InChI=1S/C17H21N3O2/c1-2-15(16(19)21)20-17(22)14(18)10-12-8-5-7-11-6-3-4-9-13(11)12/h3-9,14-15H,2,10,18H2,1H3,(H2,19,21)(H,20,22)/t14-,15-/m0/s1. The molecule has 0 aliphatic rings. The molecule has 5 nitrogen and oxygen atoms in total. The van der Waals surface area contributed by atoms with E-state index < -0.39 is 18.0 Å². The smallest absolute Gasteiger partial charge is 0.239 e. The summed E-state index contributed by atoms with van der Waals surface area (Å²) in [5.74, 6) is -0.910. The van der Waals surface area contributed by atoms with E-state index in [9.17, 15) is 9.59 Å². The van der Waals surface area contributed by atoms with Gasteiger partial charge in [0.05, 0.1) is 6.04 Å². The minimum atomic E-state index is -0.723. The summed E-state index contributed by atoms with van der Waals surface area (Å²) in [5.41, 5.74) is 12.2. The minimum absolute atomic E-state index is 0.362. The van der Waals surface area contributed by atoms with Crippen LogP contribution in [0, 0.1) is 0 Å². The van der Waals surface area contributed by atoms with Crippen molar-refractivity contribution in [1.82, 2.24) is 5.32 Å². The lowest BCUT2D eigenvalue weighted by atomic mass is 9.98. The first-order chi connectivity index (χ1) is 10.5. The lowest BCUT2D eigenvalue weighted by Crippen LogP contribution is -2.50. The van der Waals surface area contributed by atoms with Crippen LogP contribution in [0.1, 0.15) is 18.9 Å². The third kappa shape index (κ3) is 3.62. The number of fused-ring (bicyclic) bond motifs is 1. The summed E-state index contributed by atoms with van der Waals surface area (Å²) in [7, 11) is 0. The fraction of sp³-hybridized carbons (Fsp3) is 0.294. The van der Waals surface area contributed by atoms with Crippen LogP contribution in [0.2, 0.25) is 0 Å². The van der Waals surface area contributed by atoms with Crippen molar-refractivity contribution in [3.8, 4) is 0 Å². The van der Waals surface area contributed by atoms with E-state index in [4.69, 9.17) is 11.5 Å². The van der Waals surface area contributed by atoms with E-state index in [1.165, 1.54) is 0 Å². The summed E-state index contributed by atoms with van der Waals surface area (Å²) in [5, 5.41) is 4.78. The summed E-state index contributed by atoms with van der Waals surface area (Å²) in [4.78, 5) is 23.3. The van der Waals surface area contributed by atoms with Gasteiger partial charge < -0.3 is 16.8 Å². The molecule has 0 aliphatic heterocycles. The SMILES string of the molecule is CC[C@H](NC(=O)[C@@H](N)Cc1cccc2ccccc12)C(N)=O. The average molecular weight is 299 g/mol. The van der Waals surface area contributed by atoms with Crippen molar-refractivity contribution in [2.75, 3.05) is 0 Å². The number of benzene rings is 2. The van der Waals surface area contributed by atoms with Crippen molar-refractivity contribution in [2.45, 2.75) is 31.8 Å². The molecule has 0 unspecified atom stereocenters. The van der Waals surface area contributed by atoms with Crippen LogP contribution < -0.4 is 16.8 Å². The van der Waals surface area contributed by atoms with Gasteiger partial charge in [0.15, 0.2) is 0 Å². The summed E-state index contributed by atoms with van der Waals surface area (Å²) in [6.07, 6.45) is 0.852. The van der Waals surface area contributed by atoms with E-state index in [0.29, 0.717) is 12.8 Å². The molecule has 0 fully saturated rings. The van der Waals surface area contributed by atoms with Gasteiger partial charge in [0.2, 0.25) is 11.8 Å². The second kappa shape index (κ2) is 7.04. The Bertz CT molecular complexity index is 679. The molecule has 0 spiro atoms. The first-order valence-corrected chi connectivity index (χ1v) is 7.34. The van der Waals surface area contributed by atoms with Gasteiger partial charge in [-0.25, -0.2) is 0 Å². The lowest BCUT2D eigenvalue weighted by molar-refractivity contribution is -0.128. The molecule has 2 amide bonds. The van der Waals surface area contributed by atoms with Crippen molar-refractivity contribution < 1.29 is 9.59 Å². The zero-order chi connectivity index (χ0) is 16.1. The summed E-state index contributed by atoms with van der Waals surface area (Å²) >= 11 is 0. The van der Waals surface area contributed by atoms with Crippen molar-refractivity contribution in [3.63, 3.8) is 0 Å². The minimum Gasteiger partial charge on any atom is -0.368 e. The van der Waals surface area contributed by atoms with E-state index in [-0.39, 0.29) is 5.91 Å². The van der Waals surface area contributed by atoms with Crippen LogP contribution in [0.4, 0.5) is 0 Å². The highest BCUT2D eigenvalue weighted by atomic mass is 16.2. The van der Waals surface area contributed by atoms with Crippen molar-refractivity contribution in [2.24, 2.45) is 11.5 Å². The molecule has 5 heteroatoms. The number of amides is 2. The molecule has 2 atom stereocenters. The normalized spacial score (nSPS) is 13.5. The Morgan fingerprint density at radius 3 is 2.50 bits per heavy atom. The molecule has 0 aromatic heterocycles. The molecule has 5 N–H and O–H groups in total. The highest BCUT2D eigenvalue weighted by Crippen LogP contribution is 2.19. The number of carbonyl (C=O) groups excluding carboxylic acids is 2. The number of hydrogen-bond donors (Lipinski definition) is 3. The molecule has 0 radical (unpaired) electrons. The number of rotatable bonds is 6. The molecule has 0 saturated heterocycles.